The van der Waals surface area contributed by atoms with E-state index < -0.39 is 0 Å². The molecule has 2 rings (SSSR count). The molecule has 0 bridgehead atoms. The Hall–Kier alpha value is -1.09. The molecule has 3 nitrogen and oxygen atoms in total. The van der Waals surface area contributed by atoms with Crippen LogP contribution in [-0.2, 0) is 18.5 Å². The van der Waals surface area contributed by atoms with Gasteiger partial charge in [0.1, 0.15) is 0 Å². The van der Waals surface area contributed by atoms with Gasteiger partial charge in [-0.1, -0.05) is 26.8 Å². The standard InChI is InChI=1S/C15H24N2O/c1-5-17-13(15(2,3)4)9-6-11(14(17)18)10-16-12-7-8-12/h6,9,12,16H,5,7-8,10H2,1-4H3. The molecule has 1 aromatic rings. The Morgan fingerprint density at radius 3 is 2.50 bits per heavy atom. The first-order valence-electron chi connectivity index (χ1n) is 6.90. The first-order chi connectivity index (χ1) is 8.43. The lowest BCUT2D eigenvalue weighted by atomic mass is 9.90. The highest BCUT2D eigenvalue weighted by atomic mass is 16.1. The van der Waals surface area contributed by atoms with Gasteiger partial charge in [-0.05, 0) is 25.8 Å². The molecule has 0 aliphatic heterocycles. The number of nitrogens with zero attached hydrogens (tertiary/aromatic N) is 1. The third kappa shape index (κ3) is 2.83. The molecule has 0 spiro atoms. The van der Waals surface area contributed by atoms with Crippen LogP contribution in [0.5, 0.6) is 0 Å². The van der Waals surface area contributed by atoms with E-state index in [1.807, 2.05) is 17.6 Å². The molecule has 100 valence electrons. The predicted octanol–water partition coefficient (Wildman–Crippen LogP) is 2.42. The Labute approximate surface area is 109 Å². The SMILES string of the molecule is CCn1c(C(C)(C)C)ccc(CNC2CC2)c1=O. The van der Waals surface area contributed by atoms with Crippen LogP contribution < -0.4 is 10.9 Å². The molecule has 0 radical (unpaired) electrons. The van der Waals surface area contributed by atoms with Crippen molar-refractivity contribution in [2.75, 3.05) is 0 Å². The molecule has 1 aliphatic carbocycles. The smallest absolute Gasteiger partial charge is 0.255 e. The average Bonchev–Trinajstić information content (AvgIpc) is 3.09. The van der Waals surface area contributed by atoms with Crippen LogP contribution in [0.4, 0.5) is 0 Å². The van der Waals surface area contributed by atoms with Crippen molar-refractivity contribution in [3.8, 4) is 0 Å². The van der Waals surface area contributed by atoms with Gasteiger partial charge in [-0.25, -0.2) is 0 Å². The minimum absolute atomic E-state index is 0.0115. The van der Waals surface area contributed by atoms with Crippen LogP contribution >= 0.6 is 0 Å². The van der Waals surface area contributed by atoms with Gasteiger partial charge in [0.15, 0.2) is 0 Å². The molecule has 1 heterocycles. The van der Waals surface area contributed by atoms with Crippen LogP contribution in [-0.4, -0.2) is 10.6 Å². The zero-order valence-electron chi connectivity index (χ0n) is 11.9. The highest BCUT2D eigenvalue weighted by Gasteiger charge is 2.22. The Morgan fingerprint density at radius 1 is 1.33 bits per heavy atom. The van der Waals surface area contributed by atoms with Crippen molar-refractivity contribution in [3.05, 3.63) is 33.7 Å². The van der Waals surface area contributed by atoms with Gasteiger partial charge in [0.25, 0.3) is 5.56 Å². The van der Waals surface area contributed by atoms with E-state index in [1.165, 1.54) is 12.8 Å². The molecule has 0 amide bonds. The maximum absolute atomic E-state index is 12.4. The molecular weight excluding hydrogens is 224 g/mol. The fourth-order valence-electron chi connectivity index (χ4n) is 2.27. The molecule has 0 aromatic carbocycles. The van der Waals surface area contributed by atoms with Gasteiger partial charge in [-0.3, -0.25) is 4.79 Å². The number of rotatable bonds is 4. The molecule has 1 aliphatic rings. The van der Waals surface area contributed by atoms with Gasteiger partial charge in [0.2, 0.25) is 0 Å². The summed E-state index contributed by atoms with van der Waals surface area (Å²) in [4.78, 5) is 12.4. The lowest BCUT2D eigenvalue weighted by Gasteiger charge is -2.24. The minimum Gasteiger partial charge on any atom is -0.312 e. The third-order valence-corrected chi connectivity index (χ3v) is 3.50. The molecule has 1 saturated carbocycles. The molecule has 0 saturated heterocycles. The van der Waals surface area contributed by atoms with E-state index in [-0.39, 0.29) is 11.0 Å². The second-order valence-corrected chi connectivity index (χ2v) is 6.20. The number of hydrogen-bond donors (Lipinski definition) is 1. The van der Waals surface area contributed by atoms with Crippen LogP contribution in [0.3, 0.4) is 0 Å². The number of pyridine rings is 1. The largest absolute Gasteiger partial charge is 0.312 e. The van der Waals surface area contributed by atoms with Crippen LogP contribution in [0, 0.1) is 0 Å². The molecule has 18 heavy (non-hydrogen) atoms. The van der Waals surface area contributed by atoms with Crippen LogP contribution in [0.15, 0.2) is 16.9 Å². The number of aromatic nitrogens is 1. The first-order valence-corrected chi connectivity index (χ1v) is 6.90. The lowest BCUT2D eigenvalue weighted by molar-refractivity contribution is 0.507. The molecule has 0 unspecified atom stereocenters. The molecule has 0 atom stereocenters. The summed E-state index contributed by atoms with van der Waals surface area (Å²) in [5.41, 5.74) is 2.18. The molecule has 1 fully saturated rings. The fraction of sp³-hybridized carbons (Fsp3) is 0.667. The van der Waals surface area contributed by atoms with E-state index in [1.54, 1.807) is 0 Å². The quantitative estimate of drug-likeness (QED) is 0.888. The Kier molecular flexibility index (Phi) is 3.62. The summed E-state index contributed by atoms with van der Waals surface area (Å²) < 4.78 is 1.91. The predicted molar refractivity (Wildman–Crippen MR) is 74.9 cm³/mol. The van der Waals surface area contributed by atoms with Gasteiger partial charge >= 0.3 is 0 Å². The van der Waals surface area contributed by atoms with E-state index >= 15 is 0 Å². The van der Waals surface area contributed by atoms with Crippen molar-refractivity contribution >= 4 is 0 Å². The van der Waals surface area contributed by atoms with E-state index in [9.17, 15) is 4.79 Å². The average molecular weight is 248 g/mol. The summed E-state index contributed by atoms with van der Waals surface area (Å²) in [6.07, 6.45) is 2.50. The lowest BCUT2D eigenvalue weighted by Crippen LogP contribution is -2.33. The maximum Gasteiger partial charge on any atom is 0.255 e. The van der Waals surface area contributed by atoms with Crippen LogP contribution in [0.2, 0.25) is 0 Å². The van der Waals surface area contributed by atoms with Crippen molar-refractivity contribution in [1.82, 2.24) is 9.88 Å². The van der Waals surface area contributed by atoms with Crippen LogP contribution in [0.25, 0.3) is 0 Å². The topological polar surface area (TPSA) is 34.0 Å². The van der Waals surface area contributed by atoms with E-state index in [0.717, 1.165) is 17.8 Å². The third-order valence-electron chi connectivity index (χ3n) is 3.50. The van der Waals surface area contributed by atoms with Gasteiger partial charge in [0, 0.05) is 35.8 Å². The molecular formula is C15H24N2O. The summed E-state index contributed by atoms with van der Waals surface area (Å²) in [6, 6.07) is 4.74. The first kappa shape index (κ1) is 13.3. The molecule has 1 aromatic heterocycles. The van der Waals surface area contributed by atoms with Gasteiger partial charge < -0.3 is 9.88 Å². The minimum atomic E-state index is 0.0115. The normalized spacial score (nSPS) is 16.0. The van der Waals surface area contributed by atoms with Crippen molar-refractivity contribution in [3.63, 3.8) is 0 Å². The summed E-state index contributed by atoms with van der Waals surface area (Å²) in [5.74, 6) is 0. The molecule has 1 N–H and O–H groups in total. The van der Waals surface area contributed by atoms with Crippen LogP contribution in [0.1, 0.15) is 51.8 Å². The van der Waals surface area contributed by atoms with E-state index in [0.29, 0.717) is 12.6 Å². The van der Waals surface area contributed by atoms with Gasteiger partial charge in [-0.2, -0.15) is 0 Å². The Morgan fingerprint density at radius 2 is 2.00 bits per heavy atom. The zero-order chi connectivity index (χ0) is 13.3. The van der Waals surface area contributed by atoms with Crippen molar-refractivity contribution in [1.29, 1.82) is 0 Å². The van der Waals surface area contributed by atoms with Crippen molar-refractivity contribution in [2.24, 2.45) is 0 Å². The van der Waals surface area contributed by atoms with Gasteiger partial charge in [-0.15, -0.1) is 0 Å². The molecule has 3 heteroatoms. The number of hydrogen-bond acceptors (Lipinski definition) is 2. The Bertz CT molecular complexity index is 478. The van der Waals surface area contributed by atoms with E-state index in [2.05, 4.69) is 32.2 Å². The fourth-order valence-corrected chi connectivity index (χ4v) is 2.27. The summed E-state index contributed by atoms with van der Waals surface area (Å²) in [7, 11) is 0. The van der Waals surface area contributed by atoms with Crippen molar-refractivity contribution in [2.45, 2.75) is 65.1 Å². The van der Waals surface area contributed by atoms with E-state index in [4.69, 9.17) is 0 Å². The summed E-state index contributed by atoms with van der Waals surface area (Å²) >= 11 is 0. The maximum atomic E-state index is 12.4. The highest BCUT2D eigenvalue weighted by Crippen LogP contribution is 2.22. The highest BCUT2D eigenvalue weighted by molar-refractivity contribution is 5.21. The number of nitrogens with one attached hydrogen (secondary N) is 1. The summed E-state index contributed by atoms with van der Waals surface area (Å²) in [6.45, 7) is 9.92. The monoisotopic (exact) mass is 248 g/mol. The second kappa shape index (κ2) is 4.88. The Balaban J connectivity index is 2.31. The van der Waals surface area contributed by atoms with Crippen molar-refractivity contribution < 1.29 is 0 Å². The zero-order valence-corrected chi connectivity index (χ0v) is 11.9. The summed E-state index contributed by atoms with van der Waals surface area (Å²) in [5, 5.41) is 3.41. The second-order valence-electron chi connectivity index (χ2n) is 6.20. The van der Waals surface area contributed by atoms with Gasteiger partial charge in [0.05, 0.1) is 0 Å².